The fourth-order valence-electron chi connectivity index (χ4n) is 2.45. The van der Waals surface area contributed by atoms with Crippen molar-refractivity contribution in [3.63, 3.8) is 0 Å². The van der Waals surface area contributed by atoms with Gasteiger partial charge in [-0.3, -0.25) is 14.9 Å². The van der Waals surface area contributed by atoms with E-state index in [1.54, 1.807) is 6.20 Å². The molecule has 5 heteroatoms. The van der Waals surface area contributed by atoms with E-state index in [1.807, 2.05) is 24.3 Å². The molecule has 0 radical (unpaired) electrons. The number of fused-ring (bicyclic) bond motifs is 1. The molecule has 1 saturated heterocycles. The van der Waals surface area contributed by atoms with Gasteiger partial charge in [0.25, 0.3) is 0 Å². The lowest BCUT2D eigenvalue weighted by atomic mass is 9.89. The number of imide groups is 1. The second-order valence-corrected chi connectivity index (χ2v) is 4.68. The number of nitrogens with zero attached hydrogens (tertiary/aromatic N) is 1. The number of carbonyl (C=O) groups is 2. The Morgan fingerprint density at radius 1 is 1.26 bits per heavy atom. The van der Waals surface area contributed by atoms with Crippen LogP contribution in [0.2, 0.25) is 0 Å². The van der Waals surface area contributed by atoms with Crippen molar-refractivity contribution in [2.24, 2.45) is 0 Å². The van der Waals surface area contributed by atoms with Crippen LogP contribution in [0, 0.1) is 0 Å². The Kier molecular flexibility index (Phi) is 2.67. The van der Waals surface area contributed by atoms with Gasteiger partial charge in [0.15, 0.2) is 0 Å². The van der Waals surface area contributed by atoms with Gasteiger partial charge in [-0.1, -0.05) is 18.2 Å². The van der Waals surface area contributed by atoms with Crippen molar-refractivity contribution >= 4 is 28.4 Å². The maximum absolute atomic E-state index is 11.8. The van der Waals surface area contributed by atoms with Gasteiger partial charge < -0.3 is 5.73 Å². The third kappa shape index (κ3) is 2.03. The fourth-order valence-corrected chi connectivity index (χ4v) is 2.45. The second kappa shape index (κ2) is 4.35. The molecule has 19 heavy (non-hydrogen) atoms. The van der Waals surface area contributed by atoms with Crippen LogP contribution in [0.25, 0.3) is 10.8 Å². The van der Waals surface area contributed by atoms with Gasteiger partial charge in [-0.25, -0.2) is 4.98 Å². The lowest BCUT2D eigenvalue weighted by Crippen LogP contribution is -2.39. The van der Waals surface area contributed by atoms with E-state index in [2.05, 4.69) is 10.3 Å². The molecule has 3 N–H and O–H groups in total. The van der Waals surface area contributed by atoms with Crippen LogP contribution >= 0.6 is 0 Å². The normalized spacial score (nSPS) is 19.5. The average molecular weight is 255 g/mol. The van der Waals surface area contributed by atoms with E-state index in [-0.39, 0.29) is 17.7 Å². The van der Waals surface area contributed by atoms with Crippen molar-refractivity contribution in [3.8, 4) is 0 Å². The molecule has 2 amide bonds. The Hall–Kier alpha value is -2.43. The summed E-state index contributed by atoms with van der Waals surface area (Å²) < 4.78 is 0. The molecule has 2 aromatic rings. The SMILES string of the molecule is Nc1nccc2cc(C3CCC(=O)NC3=O)ccc12. The average Bonchev–Trinajstić information content (AvgIpc) is 2.38. The predicted molar refractivity (Wildman–Crippen MR) is 71.3 cm³/mol. The summed E-state index contributed by atoms with van der Waals surface area (Å²) in [5.74, 6) is -0.211. The maximum atomic E-state index is 11.8. The number of anilines is 1. The van der Waals surface area contributed by atoms with Gasteiger partial charge in [-0.15, -0.1) is 0 Å². The molecule has 3 rings (SSSR count). The minimum atomic E-state index is -0.267. The smallest absolute Gasteiger partial charge is 0.234 e. The van der Waals surface area contributed by atoms with Crippen molar-refractivity contribution < 1.29 is 9.59 Å². The molecule has 1 unspecified atom stereocenters. The minimum Gasteiger partial charge on any atom is -0.383 e. The van der Waals surface area contributed by atoms with Crippen molar-refractivity contribution in [2.75, 3.05) is 5.73 Å². The summed E-state index contributed by atoms with van der Waals surface area (Å²) in [5, 5.41) is 4.20. The van der Waals surface area contributed by atoms with Crippen LogP contribution in [-0.4, -0.2) is 16.8 Å². The van der Waals surface area contributed by atoms with Crippen LogP contribution in [0.3, 0.4) is 0 Å². The highest BCUT2D eigenvalue weighted by atomic mass is 16.2. The zero-order chi connectivity index (χ0) is 13.4. The van der Waals surface area contributed by atoms with Crippen molar-refractivity contribution in [2.45, 2.75) is 18.8 Å². The van der Waals surface area contributed by atoms with E-state index in [9.17, 15) is 9.59 Å². The van der Waals surface area contributed by atoms with E-state index in [0.717, 1.165) is 16.3 Å². The topological polar surface area (TPSA) is 85.1 Å². The number of hydrogen-bond acceptors (Lipinski definition) is 4. The predicted octanol–water partition coefficient (Wildman–Crippen LogP) is 1.34. The molecule has 1 aliphatic heterocycles. The van der Waals surface area contributed by atoms with Crippen molar-refractivity contribution in [1.82, 2.24) is 10.3 Å². The summed E-state index contributed by atoms with van der Waals surface area (Å²) >= 11 is 0. The zero-order valence-corrected chi connectivity index (χ0v) is 10.2. The summed E-state index contributed by atoms with van der Waals surface area (Å²) in [6.07, 6.45) is 2.58. The molecule has 1 fully saturated rings. The molecule has 1 atom stereocenters. The lowest BCUT2D eigenvalue weighted by Gasteiger charge is -2.21. The Morgan fingerprint density at radius 2 is 2.11 bits per heavy atom. The monoisotopic (exact) mass is 255 g/mol. The summed E-state index contributed by atoms with van der Waals surface area (Å²) in [6, 6.07) is 7.55. The summed E-state index contributed by atoms with van der Waals surface area (Å²) in [6.45, 7) is 0. The molecular formula is C14H13N3O2. The lowest BCUT2D eigenvalue weighted by molar-refractivity contribution is -0.134. The molecule has 0 bridgehead atoms. The van der Waals surface area contributed by atoms with Gasteiger partial charge >= 0.3 is 0 Å². The Bertz CT molecular complexity index is 681. The highest BCUT2D eigenvalue weighted by molar-refractivity contribution is 6.01. The van der Waals surface area contributed by atoms with Crippen LogP contribution in [0.1, 0.15) is 24.3 Å². The fraction of sp³-hybridized carbons (Fsp3) is 0.214. The number of rotatable bonds is 1. The first-order valence-corrected chi connectivity index (χ1v) is 6.13. The summed E-state index contributed by atoms with van der Waals surface area (Å²) in [4.78, 5) is 27.0. The molecule has 0 aliphatic carbocycles. The van der Waals surface area contributed by atoms with Gasteiger partial charge in [-0.2, -0.15) is 0 Å². The molecule has 1 aromatic carbocycles. The third-order valence-electron chi connectivity index (χ3n) is 3.46. The molecular weight excluding hydrogens is 242 g/mol. The van der Waals surface area contributed by atoms with Crippen LogP contribution in [0.4, 0.5) is 5.82 Å². The van der Waals surface area contributed by atoms with Crippen LogP contribution in [0.5, 0.6) is 0 Å². The van der Waals surface area contributed by atoms with Crippen molar-refractivity contribution in [1.29, 1.82) is 0 Å². The van der Waals surface area contributed by atoms with Gasteiger partial charge in [-0.05, 0) is 23.4 Å². The number of aromatic nitrogens is 1. The first kappa shape index (κ1) is 11.6. The van der Waals surface area contributed by atoms with Crippen LogP contribution < -0.4 is 11.1 Å². The number of nitrogen functional groups attached to an aromatic ring is 1. The highest BCUT2D eigenvalue weighted by Gasteiger charge is 2.27. The van der Waals surface area contributed by atoms with E-state index >= 15 is 0 Å². The maximum Gasteiger partial charge on any atom is 0.234 e. The number of pyridine rings is 1. The molecule has 1 aromatic heterocycles. The standard InChI is InChI=1S/C14H13N3O2/c15-13-10-2-1-8(7-9(10)5-6-16-13)11-3-4-12(18)17-14(11)19/h1-2,5-7,11H,3-4H2,(H2,15,16)(H,17,18,19). The van der Waals surface area contributed by atoms with Crippen LogP contribution in [0.15, 0.2) is 30.5 Å². The van der Waals surface area contributed by atoms with Gasteiger partial charge in [0.2, 0.25) is 11.8 Å². The first-order chi connectivity index (χ1) is 9.15. The van der Waals surface area contributed by atoms with E-state index in [1.165, 1.54) is 0 Å². The Labute approximate surface area is 109 Å². The quantitative estimate of drug-likeness (QED) is 0.753. The van der Waals surface area contributed by atoms with E-state index in [4.69, 9.17) is 5.73 Å². The third-order valence-corrected chi connectivity index (χ3v) is 3.46. The molecule has 0 spiro atoms. The Morgan fingerprint density at radius 3 is 2.89 bits per heavy atom. The van der Waals surface area contributed by atoms with Gasteiger partial charge in [0, 0.05) is 18.0 Å². The minimum absolute atomic E-state index is 0.199. The van der Waals surface area contributed by atoms with Crippen LogP contribution in [-0.2, 0) is 9.59 Å². The molecule has 2 heterocycles. The number of carbonyl (C=O) groups excluding carboxylic acids is 2. The second-order valence-electron chi connectivity index (χ2n) is 4.68. The number of amides is 2. The number of benzene rings is 1. The summed E-state index contributed by atoms with van der Waals surface area (Å²) in [5.41, 5.74) is 6.70. The molecule has 0 saturated carbocycles. The number of hydrogen-bond donors (Lipinski definition) is 2. The van der Waals surface area contributed by atoms with E-state index in [0.29, 0.717) is 18.7 Å². The largest absolute Gasteiger partial charge is 0.383 e. The first-order valence-electron chi connectivity index (χ1n) is 6.13. The summed E-state index contributed by atoms with van der Waals surface area (Å²) in [7, 11) is 0. The zero-order valence-electron chi connectivity index (χ0n) is 10.2. The number of piperidine rings is 1. The number of nitrogens with one attached hydrogen (secondary N) is 1. The van der Waals surface area contributed by atoms with Gasteiger partial charge in [0.1, 0.15) is 5.82 Å². The van der Waals surface area contributed by atoms with Gasteiger partial charge in [0.05, 0.1) is 5.92 Å². The Balaban J connectivity index is 2.02. The van der Waals surface area contributed by atoms with Crippen molar-refractivity contribution in [3.05, 3.63) is 36.0 Å². The molecule has 1 aliphatic rings. The number of nitrogens with two attached hydrogens (primary N) is 1. The highest BCUT2D eigenvalue weighted by Crippen LogP contribution is 2.28. The van der Waals surface area contributed by atoms with E-state index < -0.39 is 0 Å². The molecule has 96 valence electrons. The molecule has 5 nitrogen and oxygen atoms in total.